The molecule has 2 rings (SSSR count). The first-order valence-corrected chi connectivity index (χ1v) is 5.87. The molecular formula is C10H8ClN3O2S. The number of aromatic nitrogens is 2. The quantitative estimate of drug-likeness (QED) is 0.634. The van der Waals surface area contributed by atoms with Gasteiger partial charge < -0.3 is 4.57 Å². The summed E-state index contributed by atoms with van der Waals surface area (Å²) in [7, 11) is 1.83. The highest BCUT2D eigenvalue weighted by Crippen LogP contribution is 2.37. The zero-order valence-corrected chi connectivity index (χ0v) is 10.4. The maximum atomic E-state index is 10.9. The highest BCUT2D eigenvalue weighted by atomic mass is 35.5. The molecule has 0 fully saturated rings. The van der Waals surface area contributed by atoms with Gasteiger partial charge in [0, 0.05) is 19.4 Å². The van der Waals surface area contributed by atoms with Crippen molar-refractivity contribution in [3.05, 3.63) is 45.7 Å². The molecule has 0 bridgehead atoms. The average molecular weight is 270 g/mol. The van der Waals surface area contributed by atoms with E-state index in [1.165, 1.54) is 17.8 Å². The molecule has 0 unspecified atom stereocenters. The van der Waals surface area contributed by atoms with Crippen molar-refractivity contribution in [3.63, 3.8) is 0 Å². The average Bonchev–Trinajstić information content (AvgIpc) is 2.64. The molecule has 0 saturated heterocycles. The molecular weight excluding hydrogens is 262 g/mol. The van der Waals surface area contributed by atoms with Crippen LogP contribution < -0.4 is 0 Å². The second-order valence-electron chi connectivity index (χ2n) is 3.27. The molecule has 17 heavy (non-hydrogen) atoms. The van der Waals surface area contributed by atoms with Gasteiger partial charge in [-0.1, -0.05) is 17.7 Å². The van der Waals surface area contributed by atoms with Crippen molar-refractivity contribution in [1.82, 2.24) is 9.55 Å². The van der Waals surface area contributed by atoms with Crippen molar-refractivity contribution in [2.75, 3.05) is 0 Å². The summed E-state index contributed by atoms with van der Waals surface area (Å²) in [4.78, 5) is 15.0. The van der Waals surface area contributed by atoms with Crippen LogP contribution in [0.15, 0.2) is 40.6 Å². The predicted octanol–water partition coefficient (Wildman–Crippen LogP) is 3.13. The zero-order valence-electron chi connectivity index (χ0n) is 8.83. The van der Waals surface area contributed by atoms with E-state index in [9.17, 15) is 10.1 Å². The van der Waals surface area contributed by atoms with Crippen LogP contribution in [-0.4, -0.2) is 14.5 Å². The molecule has 0 amide bonds. The van der Waals surface area contributed by atoms with Crippen molar-refractivity contribution >= 4 is 29.1 Å². The van der Waals surface area contributed by atoms with Crippen LogP contribution in [0, 0.1) is 10.1 Å². The summed E-state index contributed by atoms with van der Waals surface area (Å²) in [6.45, 7) is 0. The molecule has 0 saturated carbocycles. The number of nitrogens with zero attached hydrogens (tertiary/aromatic N) is 3. The lowest BCUT2D eigenvalue weighted by Gasteiger charge is -2.03. The fraction of sp³-hybridized carbons (Fsp3) is 0.100. The maximum Gasteiger partial charge on any atom is 0.301 e. The molecule has 1 aromatic heterocycles. The van der Waals surface area contributed by atoms with Gasteiger partial charge in [0.25, 0.3) is 0 Å². The Morgan fingerprint density at radius 2 is 2.29 bits per heavy atom. The highest BCUT2D eigenvalue weighted by molar-refractivity contribution is 7.99. The van der Waals surface area contributed by atoms with E-state index in [4.69, 9.17) is 11.6 Å². The minimum absolute atomic E-state index is 0.0813. The van der Waals surface area contributed by atoms with Crippen molar-refractivity contribution < 1.29 is 4.92 Å². The largest absolute Gasteiger partial charge is 0.329 e. The summed E-state index contributed by atoms with van der Waals surface area (Å²) < 4.78 is 1.79. The maximum absolute atomic E-state index is 10.9. The van der Waals surface area contributed by atoms with Gasteiger partial charge in [0.1, 0.15) is 5.02 Å². The van der Waals surface area contributed by atoms with E-state index in [2.05, 4.69) is 4.98 Å². The van der Waals surface area contributed by atoms with Gasteiger partial charge >= 0.3 is 5.69 Å². The van der Waals surface area contributed by atoms with Gasteiger partial charge in [-0.15, -0.1) is 0 Å². The Labute approximate surface area is 107 Å². The topological polar surface area (TPSA) is 61.0 Å². The van der Waals surface area contributed by atoms with Crippen LogP contribution >= 0.6 is 23.4 Å². The Morgan fingerprint density at radius 1 is 1.53 bits per heavy atom. The SMILES string of the molecule is Cn1ccnc1Sc1cccc(Cl)c1[N+](=O)[O-]. The van der Waals surface area contributed by atoms with Gasteiger partial charge in [-0.25, -0.2) is 4.98 Å². The van der Waals surface area contributed by atoms with E-state index in [0.717, 1.165) is 0 Å². The Balaban J connectivity index is 2.43. The van der Waals surface area contributed by atoms with Gasteiger partial charge in [-0.05, 0) is 23.9 Å². The predicted molar refractivity (Wildman–Crippen MR) is 65.4 cm³/mol. The Hall–Kier alpha value is -1.53. The second kappa shape index (κ2) is 4.77. The lowest BCUT2D eigenvalue weighted by molar-refractivity contribution is -0.387. The summed E-state index contributed by atoms with van der Waals surface area (Å²) in [5.41, 5.74) is -0.0813. The summed E-state index contributed by atoms with van der Waals surface area (Å²) in [6.07, 6.45) is 3.41. The number of para-hydroxylation sites is 1. The molecule has 0 aliphatic rings. The minimum Gasteiger partial charge on any atom is -0.329 e. The number of rotatable bonds is 3. The number of aryl methyl sites for hydroxylation is 1. The third kappa shape index (κ3) is 2.42. The smallest absolute Gasteiger partial charge is 0.301 e. The van der Waals surface area contributed by atoms with Crippen LogP contribution in [-0.2, 0) is 7.05 Å². The molecule has 7 heteroatoms. The summed E-state index contributed by atoms with van der Waals surface area (Å²) >= 11 is 7.04. The Kier molecular flexibility index (Phi) is 3.35. The molecule has 1 heterocycles. The van der Waals surface area contributed by atoms with Gasteiger partial charge in [-0.3, -0.25) is 10.1 Å². The van der Waals surface area contributed by atoms with Crippen LogP contribution in [0.3, 0.4) is 0 Å². The summed E-state index contributed by atoms with van der Waals surface area (Å²) in [5, 5.41) is 11.7. The summed E-state index contributed by atoms with van der Waals surface area (Å²) in [5.74, 6) is 0. The minimum atomic E-state index is -0.479. The van der Waals surface area contributed by atoms with Crippen LogP contribution in [0.25, 0.3) is 0 Å². The van der Waals surface area contributed by atoms with Crippen LogP contribution in [0.5, 0.6) is 0 Å². The molecule has 5 nitrogen and oxygen atoms in total. The number of nitro benzene ring substituents is 1. The van der Waals surface area contributed by atoms with E-state index in [0.29, 0.717) is 10.1 Å². The van der Waals surface area contributed by atoms with Crippen LogP contribution in [0.4, 0.5) is 5.69 Å². The fourth-order valence-corrected chi connectivity index (χ4v) is 2.55. The van der Waals surface area contributed by atoms with Gasteiger partial charge in [0.15, 0.2) is 5.16 Å². The normalized spacial score (nSPS) is 10.5. The molecule has 1 aromatic carbocycles. The van der Waals surface area contributed by atoms with Crippen molar-refractivity contribution in [2.24, 2.45) is 7.05 Å². The number of hydrogen-bond acceptors (Lipinski definition) is 4. The third-order valence-corrected chi connectivity index (χ3v) is 3.54. The first-order chi connectivity index (χ1) is 8.09. The zero-order chi connectivity index (χ0) is 12.4. The van der Waals surface area contributed by atoms with E-state index < -0.39 is 4.92 Å². The summed E-state index contributed by atoms with van der Waals surface area (Å²) in [6, 6.07) is 4.84. The number of halogens is 1. The number of imidazole rings is 1. The Bertz CT molecular complexity index is 570. The van der Waals surface area contributed by atoms with Crippen molar-refractivity contribution in [3.8, 4) is 0 Å². The fourth-order valence-electron chi connectivity index (χ4n) is 1.30. The molecule has 2 aromatic rings. The van der Waals surface area contributed by atoms with E-state index in [-0.39, 0.29) is 10.7 Å². The number of benzene rings is 1. The molecule has 0 aliphatic heterocycles. The monoisotopic (exact) mass is 269 g/mol. The second-order valence-corrected chi connectivity index (χ2v) is 4.68. The van der Waals surface area contributed by atoms with Crippen LogP contribution in [0.1, 0.15) is 0 Å². The number of hydrogen-bond donors (Lipinski definition) is 0. The van der Waals surface area contributed by atoms with E-state index in [1.807, 2.05) is 7.05 Å². The Morgan fingerprint density at radius 3 is 2.88 bits per heavy atom. The first-order valence-electron chi connectivity index (χ1n) is 4.67. The highest BCUT2D eigenvalue weighted by Gasteiger charge is 2.20. The van der Waals surface area contributed by atoms with E-state index in [1.54, 1.807) is 29.1 Å². The van der Waals surface area contributed by atoms with Crippen molar-refractivity contribution in [1.29, 1.82) is 0 Å². The van der Waals surface area contributed by atoms with Gasteiger partial charge in [-0.2, -0.15) is 0 Å². The lowest BCUT2D eigenvalue weighted by Crippen LogP contribution is -1.94. The van der Waals surface area contributed by atoms with E-state index >= 15 is 0 Å². The molecule has 0 aliphatic carbocycles. The first kappa shape index (κ1) is 11.9. The molecule has 0 atom stereocenters. The molecule has 0 spiro atoms. The molecule has 0 N–H and O–H groups in total. The van der Waals surface area contributed by atoms with Crippen LogP contribution in [0.2, 0.25) is 5.02 Å². The van der Waals surface area contributed by atoms with Gasteiger partial charge in [0.2, 0.25) is 0 Å². The third-order valence-electron chi connectivity index (χ3n) is 2.11. The molecule has 88 valence electrons. The van der Waals surface area contributed by atoms with Gasteiger partial charge in [0.05, 0.1) is 9.82 Å². The van der Waals surface area contributed by atoms with Crippen molar-refractivity contribution in [2.45, 2.75) is 10.1 Å². The standard InChI is InChI=1S/C10H8ClN3O2S/c1-13-6-5-12-10(13)17-8-4-2-3-7(11)9(8)14(15)16/h2-6H,1H3. The lowest BCUT2D eigenvalue weighted by atomic mass is 10.3. The molecule has 0 radical (unpaired) electrons. The number of nitro groups is 1.